The van der Waals surface area contributed by atoms with Crippen molar-refractivity contribution in [1.82, 2.24) is 4.90 Å². The number of piperidine rings is 1. The third kappa shape index (κ3) is 2.62. The lowest BCUT2D eigenvalue weighted by atomic mass is 10.1. The Morgan fingerprint density at radius 2 is 1.86 bits per heavy atom. The molecule has 1 aliphatic carbocycles. The minimum absolute atomic E-state index is 1.09. The maximum Gasteiger partial charge on any atom is 0.0363 e. The van der Waals surface area contributed by atoms with Crippen molar-refractivity contribution >= 4 is 22.6 Å². The van der Waals surface area contributed by atoms with Crippen LogP contribution < -0.4 is 0 Å². The van der Waals surface area contributed by atoms with Gasteiger partial charge in [-0.1, -0.05) is 12.2 Å². The highest BCUT2D eigenvalue weighted by atomic mass is 127. The van der Waals surface area contributed by atoms with E-state index in [2.05, 4.69) is 51.8 Å². The molecule has 76 valence electrons. The predicted octanol–water partition coefficient (Wildman–Crippen LogP) is 3.64. The van der Waals surface area contributed by atoms with Gasteiger partial charge in [-0.15, -0.1) is 0 Å². The average Bonchev–Trinajstić information content (AvgIpc) is 2.44. The van der Waals surface area contributed by atoms with Crippen LogP contribution in [0.5, 0.6) is 0 Å². The Hall–Kier alpha value is -0.250. The van der Waals surface area contributed by atoms with E-state index in [1.54, 1.807) is 0 Å². The van der Waals surface area contributed by atoms with E-state index in [0.717, 1.165) is 6.42 Å². The van der Waals surface area contributed by atoms with Crippen LogP contribution in [0, 0.1) is 0 Å². The molecule has 1 nitrogen and oxygen atoms in total. The first kappa shape index (κ1) is 10.3. The van der Waals surface area contributed by atoms with Crippen molar-refractivity contribution in [2.75, 3.05) is 13.1 Å². The number of nitrogens with zero attached hydrogens (tertiary/aromatic N) is 1. The predicted molar refractivity (Wildman–Crippen MR) is 69.4 cm³/mol. The van der Waals surface area contributed by atoms with Crippen LogP contribution >= 0.6 is 22.6 Å². The molecule has 1 heterocycles. The van der Waals surface area contributed by atoms with E-state index in [9.17, 15) is 0 Å². The molecule has 0 radical (unpaired) electrons. The zero-order valence-electron chi connectivity index (χ0n) is 8.38. The van der Waals surface area contributed by atoms with Gasteiger partial charge in [-0.3, -0.25) is 0 Å². The quantitative estimate of drug-likeness (QED) is 0.668. The van der Waals surface area contributed by atoms with Crippen LogP contribution in [0.2, 0.25) is 0 Å². The molecule has 1 aliphatic heterocycles. The summed E-state index contributed by atoms with van der Waals surface area (Å²) in [5.41, 5.74) is 1.40. The van der Waals surface area contributed by atoms with Gasteiger partial charge >= 0.3 is 0 Å². The molecular weight excluding hydrogens is 285 g/mol. The van der Waals surface area contributed by atoms with Crippen LogP contribution in [0.25, 0.3) is 0 Å². The Labute approximate surface area is 99.7 Å². The second-order valence-electron chi connectivity index (χ2n) is 3.86. The minimum atomic E-state index is 1.09. The number of likely N-dealkylation sites (tertiary alicyclic amines) is 1. The van der Waals surface area contributed by atoms with Crippen LogP contribution in [-0.4, -0.2) is 18.0 Å². The number of hydrogen-bond donors (Lipinski definition) is 0. The lowest BCUT2D eigenvalue weighted by molar-refractivity contribution is 0.293. The molecule has 0 aromatic heterocycles. The van der Waals surface area contributed by atoms with Crippen molar-refractivity contribution in [1.29, 1.82) is 0 Å². The zero-order chi connectivity index (χ0) is 9.80. The Morgan fingerprint density at radius 3 is 2.64 bits per heavy atom. The summed E-state index contributed by atoms with van der Waals surface area (Å²) >= 11 is 2.41. The van der Waals surface area contributed by atoms with E-state index in [4.69, 9.17) is 0 Å². The van der Waals surface area contributed by atoms with Crippen molar-refractivity contribution in [3.05, 3.63) is 33.6 Å². The normalized spacial score (nSPS) is 22.8. The lowest BCUT2D eigenvalue weighted by Crippen LogP contribution is -2.28. The summed E-state index contributed by atoms with van der Waals surface area (Å²) in [4.78, 5) is 2.51. The Bertz CT molecular complexity index is 283. The maximum atomic E-state index is 2.51. The minimum Gasteiger partial charge on any atom is -0.372 e. The summed E-state index contributed by atoms with van der Waals surface area (Å²) < 4.78 is 1.42. The average molecular weight is 301 g/mol. The molecule has 0 bridgehead atoms. The van der Waals surface area contributed by atoms with Gasteiger partial charge in [0.05, 0.1) is 0 Å². The fourth-order valence-corrected chi connectivity index (χ4v) is 2.39. The van der Waals surface area contributed by atoms with Gasteiger partial charge in [0.25, 0.3) is 0 Å². The van der Waals surface area contributed by atoms with E-state index in [1.165, 1.54) is 41.6 Å². The monoisotopic (exact) mass is 301 g/mol. The SMILES string of the molecule is IC1=CC=C(N2CCCCC2)C=CC1. The topological polar surface area (TPSA) is 3.24 Å². The summed E-state index contributed by atoms with van der Waals surface area (Å²) in [7, 11) is 0. The van der Waals surface area contributed by atoms with Gasteiger partial charge in [0.1, 0.15) is 0 Å². The largest absolute Gasteiger partial charge is 0.372 e. The van der Waals surface area contributed by atoms with Gasteiger partial charge in [0.2, 0.25) is 0 Å². The number of allylic oxidation sites excluding steroid dienone is 5. The van der Waals surface area contributed by atoms with E-state index in [1.807, 2.05) is 0 Å². The van der Waals surface area contributed by atoms with Crippen LogP contribution in [0.15, 0.2) is 33.6 Å². The molecule has 2 rings (SSSR count). The first-order valence-electron chi connectivity index (χ1n) is 5.34. The molecule has 0 saturated carbocycles. The third-order valence-corrected chi connectivity index (χ3v) is 3.56. The van der Waals surface area contributed by atoms with Gasteiger partial charge in [-0.25, -0.2) is 0 Å². The maximum absolute atomic E-state index is 2.51. The molecule has 2 heteroatoms. The molecule has 1 saturated heterocycles. The van der Waals surface area contributed by atoms with Gasteiger partial charge in [-0.2, -0.15) is 0 Å². The lowest BCUT2D eigenvalue weighted by Gasteiger charge is -2.29. The van der Waals surface area contributed by atoms with Gasteiger partial charge in [0, 0.05) is 18.8 Å². The highest BCUT2D eigenvalue weighted by molar-refractivity contribution is 14.1. The zero-order valence-corrected chi connectivity index (χ0v) is 10.5. The van der Waals surface area contributed by atoms with E-state index in [0.29, 0.717) is 0 Å². The molecule has 0 amide bonds. The van der Waals surface area contributed by atoms with Crippen LogP contribution in [0.4, 0.5) is 0 Å². The third-order valence-electron chi connectivity index (χ3n) is 2.76. The number of halogens is 1. The van der Waals surface area contributed by atoms with Crippen molar-refractivity contribution in [2.45, 2.75) is 25.7 Å². The van der Waals surface area contributed by atoms with Crippen molar-refractivity contribution < 1.29 is 0 Å². The van der Waals surface area contributed by atoms with Gasteiger partial charge in [0.15, 0.2) is 0 Å². The summed E-state index contributed by atoms with van der Waals surface area (Å²) in [5, 5.41) is 0. The first-order valence-corrected chi connectivity index (χ1v) is 6.42. The Morgan fingerprint density at radius 1 is 1.07 bits per heavy atom. The molecule has 0 unspecified atom stereocenters. The van der Waals surface area contributed by atoms with E-state index < -0.39 is 0 Å². The molecule has 0 aromatic rings. The fraction of sp³-hybridized carbons (Fsp3) is 0.500. The highest BCUT2D eigenvalue weighted by Crippen LogP contribution is 2.21. The van der Waals surface area contributed by atoms with Crippen LogP contribution in [0.3, 0.4) is 0 Å². The first-order chi connectivity index (χ1) is 6.86. The highest BCUT2D eigenvalue weighted by Gasteiger charge is 2.11. The summed E-state index contributed by atoms with van der Waals surface area (Å²) in [5.74, 6) is 0. The van der Waals surface area contributed by atoms with Crippen LogP contribution in [-0.2, 0) is 0 Å². The van der Waals surface area contributed by atoms with E-state index >= 15 is 0 Å². The van der Waals surface area contributed by atoms with E-state index in [-0.39, 0.29) is 0 Å². The molecule has 2 aliphatic rings. The van der Waals surface area contributed by atoms with Gasteiger partial charge < -0.3 is 4.90 Å². The second-order valence-corrected chi connectivity index (χ2v) is 5.24. The molecular formula is C12H16IN. The Kier molecular flexibility index (Phi) is 3.67. The summed E-state index contributed by atoms with van der Waals surface area (Å²) in [6.45, 7) is 2.47. The molecule has 0 atom stereocenters. The van der Waals surface area contributed by atoms with Gasteiger partial charge in [-0.05, 0) is 64.0 Å². The fourth-order valence-electron chi connectivity index (χ4n) is 1.95. The van der Waals surface area contributed by atoms with Crippen molar-refractivity contribution in [2.24, 2.45) is 0 Å². The Balaban J connectivity index is 2.08. The van der Waals surface area contributed by atoms with Crippen LogP contribution in [0.1, 0.15) is 25.7 Å². The molecule has 0 spiro atoms. The van der Waals surface area contributed by atoms with Crippen molar-refractivity contribution in [3.63, 3.8) is 0 Å². The number of rotatable bonds is 1. The standard InChI is InChI=1S/C12H16IN/c13-11-5-4-6-12(8-7-11)14-9-2-1-3-10-14/h4,6-8H,1-3,5,9-10H2. The molecule has 14 heavy (non-hydrogen) atoms. The molecule has 0 N–H and O–H groups in total. The molecule has 0 aromatic carbocycles. The summed E-state index contributed by atoms with van der Waals surface area (Å²) in [6, 6.07) is 0. The summed E-state index contributed by atoms with van der Waals surface area (Å²) in [6.07, 6.45) is 14.2. The second kappa shape index (κ2) is 5.01. The van der Waals surface area contributed by atoms with Crippen molar-refractivity contribution in [3.8, 4) is 0 Å². The molecule has 1 fully saturated rings. The smallest absolute Gasteiger partial charge is 0.0363 e. The number of hydrogen-bond acceptors (Lipinski definition) is 1.